The van der Waals surface area contributed by atoms with E-state index in [9.17, 15) is 9.59 Å². The molecule has 0 N–H and O–H groups in total. The Kier molecular flexibility index (Phi) is 9.71. The highest BCUT2D eigenvalue weighted by Gasteiger charge is 2.35. The number of nitrogens with zero attached hydrogens (tertiary/aromatic N) is 2. The lowest BCUT2D eigenvalue weighted by Crippen LogP contribution is -2.39. The van der Waals surface area contributed by atoms with Crippen molar-refractivity contribution < 1.29 is 14.3 Å². The average molecular weight is 865 g/mol. The van der Waals surface area contributed by atoms with Gasteiger partial charge in [-0.05, 0) is 99.5 Å². The van der Waals surface area contributed by atoms with Crippen LogP contribution in [-0.2, 0) is 16.1 Å². The summed E-state index contributed by atoms with van der Waals surface area (Å²) in [4.78, 5) is 34.1. The second kappa shape index (κ2) is 13.7. The minimum atomic E-state index is -0.681. The molecule has 2 aromatic heterocycles. The Hall–Kier alpha value is -2.78. The topological polar surface area (TPSA) is 69.9 Å². The van der Waals surface area contributed by atoms with E-state index in [1.807, 2.05) is 90.3 Å². The molecule has 1 aliphatic heterocycles. The van der Waals surface area contributed by atoms with E-state index in [0.29, 0.717) is 38.0 Å². The molecule has 0 bridgehead atoms. The second-order valence-corrected chi connectivity index (χ2v) is 14.5. The molecular formula is C33H23ClI2N2O4S2. The number of fused-ring (bicyclic) bond motifs is 1. The van der Waals surface area contributed by atoms with E-state index in [4.69, 9.17) is 26.1 Å². The minimum Gasteiger partial charge on any atom is -0.487 e. The standard InChI is InChI=1S/C33H23ClI2N2O4S2/c1-2-41-32(40)27-28(20-7-4-3-5-8-20)37-33-38(29(27)25-9-6-14-43-25)31(39)26(44-33)16-21-15-23(35)17-24(36)30(21)42-18-19-10-12-22(34)13-11-19/h3-17,29H,2,18H2,1H3/b26-16-/t29-/m1/s1. The Morgan fingerprint density at radius 1 is 1.07 bits per heavy atom. The summed E-state index contributed by atoms with van der Waals surface area (Å²) in [5.74, 6) is 0.187. The molecule has 0 spiro atoms. The summed E-state index contributed by atoms with van der Waals surface area (Å²) in [6, 6.07) is 24.3. The predicted octanol–water partition coefficient (Wildman–Crippen LogP) is 7.44. The number of aromatic nitrogens is 1. The lowest BCUT2D eigenvalue weighted by Gasteiger charge is -2.24. The van der Waals surface area contributed by atoms with Crippen LogP contribution >= 0.6 is 79.5 Å². The fourth-order valence-electron chi connectivity index (χ4n) is 4.87. The summed E-state index contributed by atoms with van der Waals surface area (Å²) in [6.07, 6.45) is 1.85. The number of rotatable bonds is 8. The molecule has 222 valence electrons. The van der Waals surface area contributed by atoms with Gasteiger partial charge < -0.3 is 9.47 Å². The Morgan fingerprint density at radius 2 is 1.84 bits per heavy atom. The summed E-state index contributed by atoms with van der Waals surface area (Å²) in [5.41, 5.74) is 3.14. The van der Waals surface area contributed by atoms with Crippen LogP contribution in [0.3, 0.4) is 0 Å². The first-order valence-electron chi connectivity index (χ1n) is 13.5. The summed E-state index contributed by atoms with van der Waals surface area (Å²) in [5, 5.41) is 2.60. The van der Waals surface area contributed by atoms with Crippen LogP contribution in [0.2, 0.25) is 5.02 Å². The van der Waals surface area contributed by atoms with Crippen molar-refractivity contribution in [3.8, 4) is 5.75 Å². The van der Waals surface area contributed by atoms with Crippen molar-refractivity contribution in [2.45, 2.75) is 19.6 Å². The van der Waals surface area contributed by atoms with Crippen molar-refractivity contribution >= 4 is 97.2 Å². The Labute approximate surface area is 293 Å². The van der Waals surface area contributed by atoms with Gasteiger partial charge in [0.2, 0.25) is 0 Å². The van der Waals surface area contributed by atoms with E-state index < -0.39 is 12.0 Å². The number of carbonyl (C=O) groups is 1. The fourth-order valence-corrected chi connectivity index (χ4v) is 8.86. The van der Waals surface area contributed by atoms with Gasteiger partial charge in [0.25, 0.3) is 5.56 Å². The lowest BCUT2D eigenvalue weighted by atomic mass is 9.97. The van der Waals surface area contributed by atoms with E-state index in [1.165, 1.54) is 22.7 Å². The van der Waals surface area contributed by atoms with Crippen molar-refractivity contribution in [2.24, 2.45) is 4.99 Å². The number of benzene rings is 3. The van der Waals surface area contributed by atoms with Crippen molar-refractivity contribution in [3.63, 3.8) is 0 Å². The van der Waals surface area contributed by atoms with Gasteiger partial charge in [-0.25, -0.2) is 9.79 Å². The van der Waals surface area contributed by atoms with E-state index in [0.717, 1.165) is 28.7 Å². The third-order valence-electron chi connectivity index (χ3n) is 6.81. The zero-order valence-electron chi connectivity index (χ0n) is 23.1. The Morgan fingerprint density at radius 3 is 2.55 bits per heavy atom. The zero-order chi connectivity index (χ0) is 30.8. The largest absolute Gasteiger partial charge is 0.487 e. The van der Waals surface area contributed by atoms with Gasteiger partial charge in [0.05, 0.1) is 26.0 Å². The molecule has 44 heavy (non-hydrogen) atoms. The summed E-state index contributed by atoms with van der Waals surface area (Å²) < 4.78 is 15.9. The van der Waals surface area contributed by atoms with Crippen LogP contribution in [0.5, 0.6) is 5.75 Å². The Balaban J connectivity index is 1.53. The maximum Gasteiger partial charge on any atom is 0.338 e. The smallest absolute Gasteiger partial charge is 0.338 e. The van der Waals surface area contributed by atoms with E-state index in [1.54, 1.807) is 11.5 Å². The molecule has 6 nitrogen and oxygen atoms in total. The van der Waals surface area contributed by atoms with Gasteiger partial charge in [-0.15, -0.1) is 11.3 Å². The molecule has 0 saturated carbocycles. The first kappa shape index (κ1) is 31.2. The van der Waals surface area contributed by atoms with Crippen molar-refractivity contribution in [1.29, 1.82) is 0 Å². The molecule has 3 aromatic carbocycles. The summed E-state index contributed by atoms with van der Waals surface area (Å²) >= 11 is 13.4. The number of halogens is 3. The van der Waals surface area contributed by atoms with Crippen molar-refractivity contribution in [3.05, 3.63) is 143 Å². The molecule has 0 radical (unpaired) electrons. The molecule has 3 heterocycles. The van der Waals surface area contributed by atoms with Crippen LogP contribution in [0.25, 0.3) is 11.8 Å². The normalized spacial score (nSPS) is 14.7. The summed E-state index contributed by atoms with van der Waals surface area (Å²) in [6.45, 7) is 2.32. The van der Waals surface area contributed by atoms with Crippen molar-refractivity contribution in [2.75, 3.05) is 6.61 Å². The number of hydrogen-bond donors (Lipinski definition) is 0. The van der Waals surface area contributed by atoms with Gasteiger partial charge in [-0.1, -0.05) is 71.5 Å². The predicted molar refractivity (Wildman–Crippen MR) is 193 cm³/mol. The molecule has 0 amide bonds. The van der Waals surface area contributed by atoms with Gasteiger partial charge in [-0.2, -0.15) is 0 Å². The van der Waals surface area contributed by atoms with Crippen LogP contribution in [0.15, 0.2) is 99.6 Å². The van der Waals surface area contributed by atoms with Crippen LogP contribution in [-0.4, -0.2) is 17.1 Å². The highest BCUT2D eigenvalue weighted by atomic mass is 127. The lowest BCUT2D eigenvalue weighted by molar-refractivity contribution is -0.138. The number of thiazole rings is 1. The third-order valence-corrected chi connectivity index (χ3v) is 10.4. The summed E-state index contributed by atoms with van der Waals surface area (Å²) in [7, 11) is 0. The van der Waals surface area contributed by atoms with E-state index in [-0.39, 0.29) is 12.2 Å². The number of hydrogen-bond acceptors (Lipinski definition) is 7. The highest BCUT2D eigenvalue weighted by Crippen LogP contribution is 2.37. The molecule has 5 aromatic rings. The fraction of sp³-hybridized carbons (Fsp3) is 0.121. The number of esters is 1. The molecule has 0 fully saturated rings. The number of thiophene rings is 1. The van der Waals surface area contributed by atoms with Crippen LogP contribution in [0, 0.1) is 7.14 Å². The highest BCUT2D eigenvalue weighted by molar-refractivity contribution is 14.1. The maximum atomic E-state index is 14.2. The Bertz CT molecular complexity index is 2060. The number of ether oxygens (including phenoxy) is 2. The van der Waals surface area contributed by atoms with Crippen molar-refractivity contribution in [1.82, 2.24) is 4.57 Å². The SMILES string of the molecule is CCOC(=O)C1=C(c2ccccc2)N=c2s/c(=C\c3cc(I)cc(I)c3OCc3ccc(Cl)cc3)c(=O)n2[C@@H]1c1cccs1. The molecule has 0 unspecified atom stereocenters. The average Bonchev–Trinajstić information content (AvgIpc) is 3.65. The van der Waals surface area contributed by atoms with Crippen LogP contribution in [0.1, 0.15) is 34.5 Å². The molecule has 0 aliphatic carbocycles. The van der Waals surface area contributed by atoms with Gasteiger partial charge >= 0.3 is 5.97 Å². The monoisotopic (exact) mass is 864 g/mol. The van der Waals surface area contributed by atoms with Crippen LogP contribution < -0.4 is 19.6 Å². The maximum absolute atomic E-state index is 14.2. The van der Waals surface area contributed by atoms with Gasteiger partial charge in [-0.3, -0.25) is 9.36 Å². The number of carbonyl (C=O) groups excluding carboxylic acids is 1. The minimum absolute atomic E-state index is 0.204. The van der Waals surface area contributed by atoms with E-state index in [2.05, 4.69) is 45.2 Å². The van der Waals surface area contributed by atoms with Gasteiger partial charge in [0.15, 0.2) is 4.80 Å². The molecule has 1 aliphatic rings. The molecule has 11 heteroatoms. The quantitative estimate of drug-likeness (QED) is 0.120. The first-order chi connectivity index (χ1) is 21.3. The van der Waals surface area contributed by atoms with E-state index >= 15 is 0 Å². The molecule has 1 atom stereocenters. The molecule has 0 saturated heterocycles. The first-order valence-corrected chi connectivity index (χ1v) is 17.8. The van der Waals surface area contributed by atoms with Crippen LogP contribution in [0.4, 0.5) is 0 Å². The molecular weight excluding hydrogens is 842 g/mol. The van der Waals surface area contributed by atoms with Gasteiger partial charge in [0, 0.05) is 24.6 Å². The second-order valence-electron chi connectivity index (χ2n) is 9.67. The third kappa shape index (κ3) is 6.45. The zero-order valence-corrected chi connectivity index (χ0v) is 29.8. The van der Waals surface area contributed by atoms with Gasteiger partial charge in [0.1, 0.15) is 18.4 Å². The molecule has 6 rings (SSSR count).